The molecule has 2 atom stereocenters. The second kappa shape index (κ2) is 5.28. The number of rotatable bonds is 2. The number of amides is 1. The van der Waals surface area contributed by atoms with Crippen LogP contribution in [0.1, 0.15) is 0 Å². The number of hydrogen-bond donors (Lipinski definition) is 2. The number of hydrogen-bond acceptors (Lipinski definition) is 5. The average Bonchev–Trinajstić information content (AvgIpc) is 2.84. The zero-order valence-electron chi connectivity index (χ0n) is 10.7. The van der Waals surface area contributed by atoms with E-state index in [-0.39, 0.29) is 18.2 Å². The molecule has 1 aliphatic rings. The second-order valence-electron chi connectivity index (χ2n) is 4.69. The topological polar surface area (TPSA) is 91.2 Å². The molecule has 0 bridgehead atoms. The molecule has 110 valence electrons. The third-order valence-electron chi connectivity index (χ3n) is 3.34. The van der Waals surface area contributed by atoms with Crippen LogP contribution in [0.5, 0.6) is 0 Å². The minimum absolute atomic E-state index is 0.0442. The number of alkyl halides is 1. The molecule has 1 amide bonds. The van der Waals surface area contributed by atoms with Crippen LogP contribution in [0.3, 0.4) is 0 Å². The molecule has 2 aromatic rings. The van der Waals surface area contributed by atoms with Gasteiger partial charge in [0.25, 0.3) is 0 Å². The van der Waals surface area contributed by atoms with Gasteiger partial charge in [-0.3, -0.25) is 4.98 Å². The van der Waals surface area contributed by atoms with Crippen molar-refractivity contribution in [3.8, 4) is 0 Å². The maximum Gasteiger partial charge on any atom is 0.407 e. The molecule has 7 nitrogen and oxygen atoms in total. The lowest BCUT2D eigenvalue weighted by Crippen LogP contribution is -2.31. The van der Waals surface area contributed by atoms with Gasteiger partial charge in [-0.25, -0.2) is 9.18 Å². The lowest BCUT2D eigenvalue weighted by molar-refractivity contribution is 0.152. The van der Waals surface area contributed by atoms with E-state index in [1.54, 1.807) is 18.3 Å². The second-order valence-corrected chi connectivity index (χ2v) is 5.05. The molecule has 1 fully saturated rings. The lowest BCUT2D eigenvalue weighted by atomic mass is 10.2. The number of carboxylic acid groups (broad SMARTS) is 1. The Morgan fingerprint density at radius 1 is 1.48 bits per heavy atom. The normalized spacial score (nSPS) is 21.7. The van der Waals surface area contributed by atoms with E-state index in [4.69, 9.17) is 16.7 Å². The third-order valence-corrected chi connectivity index (χ3v) is 3.59. The van der Waals surface area contributed by atoms with E-state index in [1.807, 2.05) is 0 Å². The molecule has 3 rings (SSSR count). The van der Waals surface area contributed by atoms with Gasteiger partial charge in [0, 0.05) is 18.1 Å². The summed E-state index contributed by atoms with van der Waals surface area (Å²) in [5.41, 5.74) is 0.458. The highest BCUT2D eigenvalue weighted by Gasteiger charge is 2.36. The molecule has 0 radical (unpaired) electrons. The van der Waals surface area contributed by atoms with Crippen LogP contribution in [-0.4, -0.2) is 56.6 Å². The SMILES string of the molecule is O=C(O)N1C[C@@H](F)[C@H](Nc2nnc(Cl)c3ncccc23)C1. The van der Waals surface area contributed by atoms with E-state index in [1.165, 1.54) is 0 Å². The van der Waals surface area contributed by atoms with Crippen molar-refractivity contribution in [2.24, 2.45) is 0 Å². The fourth-order valence-electron chi connectivity index (χ4n) is 2.29. The summed E-state index contributed by atoms with van der Waals surface area (Å²) in [5, 5.41) is 20.2. The lowest BCUT2D eigenvalue weighted by Gasteiger charge is -2.16. The molecule has 1 saturated heterocycles. The first-order valence-corrected chi connectivity index (χ1v) is 6.59. The van der Waals surface area contributed by atoms with Crippen LogP contribution in [-0.2, 0) is 0 Å². The van der Waals surface area contributed by atoms with Crippen LogP contribution >= 0.6 is 11.6 Å². The van der Waals surface area contributed by atoms with Gasteiger partial charge in [-0.15, -0.1) is 10.2 Å². The van der Waals surface area contributed by atoms with Crippen molar-refractivity contribution in [3.05, 3.63) is 23.5 Å². The molecular weight excluding hydrogens is 301 g/mol. The smallest absolute Gasteiger partial charge is 0.407 e. The number of pyridine rings is 1. The first-order chi connectivity index (χ1) is 10.1. The van der Waals surface area contributed by atoms with Crippen molar-refractivity contribution in [2.45, 2.75) is 12.2 Å². The van der Waals surface area contributed by atoms with Gasteiger partial charge in [0.1, 0.15) is 11.7 Å². The van der Waals surface area contributed by atoms with Crippen LogP contribution < -0.4 is 5.32 Å². The number of fused-ring (bicyclic) bond motifs is 1. The number of likely N-dealkylation sites (tertiary alicyclic amines) is 1. The molecular formula is C12H11ClFN5O2. The Kier molecular flexibility index (Phi) is 3.46. The van der Waals surface area contributed by atoms with Gasteiger partial charge in [0.15, 0.2) is 11.0 Å². The Balaban J connectivity index is 1.89. The van der Waals surface area contributed by atoms with Crippen molar-refractivity contribution < 1.29 is 14.3 Å². The summed E-state index contributed by atoms with van der Waals surface area (Å²) in [5.74, 6) is 0.336. The van der Waals surface area contributed by atoms with Gasteiger partial charge in [-0.1, -0.05) is 11.6 Å². The van der Waals surface area contributed by atoms with Crippen molar-refractivity contribution in [1.82, 2.24) is 20.1 Å². The highest BCUT2D eigenvalue weighted by atomic mass is 35.5. The highest BCUT2D eigenvalue weighted by Crippen LogP contribution is 2.26. The number of halogens is 2. The predicted octanol–water partition coefficient (Wildman–Crippen LogP) is 1.79. The maximum atomic E-state index is 13.9. The minimum Gasteiger partial charge on any atom is -0.465 e. The molecule has 1 aliphatic heterocycles. The third kappa shape index (κ3) is 2.54. The molecule has 0 aromatic carbocycles. The summed E-state index contributed by atoms with van der Waals surface area (Å²) in [4.78, 5) is 16.0. The van der Waals surface area contributed by atoms with E-state index < -0.39 is 18.3 Å². The minimum atomic E-state index is -1.31. The number of nitrogens with one attached hydrogen (secondary N) is 1. The van der Waals surface area contributed by atoms with Gasteiger partial charge >= 0.3 is 6.09 Å². The Labute approximate surface area is 123 Å². The van der Waals surface area contributed by atoms with E-state index >= 15 is 0 Å². The molecule has 2 N–H and O–H groups in total. The summed E-state index contributed by atoms with van der Waals surface area (Å²) < 4.78 is 13.9. The quantitative estimate of drug-likeness (QED) is 0.878. The van der Waals surface area contributed by atoms with E-state index in [0.717, 1.165) is 4.90 Å². The molecule has 0 saturated carbocycles. The number of anilines is 1. The maximum absolute atomic E-state index is 13.9. The van der Waals surface area contributed by atoms with Crippen LogP contribution in [0.15, 0.2) is 18.3 Å². The zero-order chi connectivity index (χ0) is 15.0. The molecule has 9 heteroatoms. The van der Waals surface area contributed by atoms with E-state index in [0.29, 0.717) is 16.7 Å². The van der Waals surface area contributed by atoms with Crippen LogP contribution in [0, 0.1) is 0 Å². The molecule has 3 heterocycles. The standard InChI is InChI=1S/C12H11ClFN5O2/c13-10-9-6(2-1-3-15-9)11(18-17-10)16-8-5-19(12(20)21)4-7(8)14/h1-3,7-8H,4-5H2,(H,16,18)(H,20,21)/t7-,8-/m1/s1. The Hall–Kier alpha value is -2.22. The average molecular weight is 312 g/mol. The van der Waals surface area contributed by atoms with Gasteiger partial charge < -0.3 is 15.3 Å². The Bertz CT molecular complexity index is 700. The van der Waals surface area contributed by atoms with Crippen LogP contribution in [0.25, 0.3) is 10.9 Å². The summed E-state index contributed by atoms with van der Waals surface area (Å²) in [7, 11) is 0. The van der Waals surface area contributed by atoms with Crippen molar-refractivity contribution >= 4 is 34.4 Å². The summed E-state index contributed by atoms with van der Waals surface area (Å²) in [6.45, 7) is -0.118. The predicted molar refractivity (Wildman–Crippen MR) is 74.2 cm³/mol. The fourth-order valence-corrected chi connectivity index (χ4v) is 2.48. The van der Waals surface area contributed by atoms with E-state index in [9.17, 15) is 9.18 Å². The number of carbonyl (C=O) groups is 1. The van der Waals surface area contributed by atoms with Crippen LogP contribution in [0.4, 0.5) is 15.0 Å². The van der Waals surface area contributed by atoms with Crippen LogP contribution in [0.2, 0.25) is 5.15 Å². The van der Waals surface area contributed by atoms with Crippen molar-refractivity contribution in [3.63, 3.8) is 0 Å². The highest BCUT2D eigenvalue weighted by molar-refractivity contribution is 6.33. The van der Waals surface area contributed by atoms with Gasteiger partial charge in [0.05, 0.1) is 12.6 Å². The summed E-state index contributed by atoms with van der Waals surface area (Å²) >= 11 is 5.92. The summed E-state index contributed by atoms with van der Waals surface area (Å²) in [6.07, 6.45) is -0.889. The Morgan fingerprint density at radius 3 is 3.00 bits per heavy atom. The first kappa shape index (κ1) is 13.7. The molecule has 0 spiro atoms. The number of aromatic nitrogens is 3. The molecule has 0 aliphatic carbocycles. The first-order valence-electron chi connectivity index (χ1n) is 6.21. The van der Waals surface area contributed by atoms with Gasteiger partial charge in [-0.05, 0) is 12.1 Å². The van der Waals surface area contributed by atoms with Gasteiger partial charge in [-0.2, -0.15) is 0 Å². The van der Waals surface area contributed by atoms with Crippen molar-refractivity contribution in [2.75, 3.05) is 18.4 Å². The fraction of sp³-hybridized carbons (Fsp3) is 0.333. The molecule has 0 unspecified atom stereocenters. The van der Waals surface area contributed by atoms with Crippen molar-refractivity contribution in [1.29, 1.82) is 0 Å². The zero-order valence-corrected chi connectivity index (χ0v) is 11.5. The monoisotopic (exact) mass is 311 g/mol. The van der Waals surface area contributed by atoms with Gasteiger partial charge in [0.2, 0.25) is 0 Å². The Morgan fingerprint density at radius 2 is 2.29 bits per heavy atom. The molecule has 21 heavy (non-hydrogen) atoms. The van der Waals surface area contributed by atoms with E-state index in [2.05, 4.69) is 20.5 Å². The number of nitrogens with zero attached hydrogens (tertiary/aromatic N) is 4. The summed E-state index contributed by atoms with van der Waals surface area (Å²) in [6, 6.07) is 2.76. The largest absolute Gasteiger partial charge is 0.465 e. The molecule has 2 aromatic heterocycles.